The van der Waals surface area contributed by atoms with E-state index in [1.807, 2.05) is 36.2 Å². The number of likely N-dealkylation sites (N-methyl/N-ethyl adjacent to an activating group) is 1. The van der Waals surface area contributed by atoms with Gasteiger partial charge in [-0.1, -0.05) is 23.7 Å². The lowest BCUT2D eigenvalue weighted by atomic mass is 10.1. The van der Waals surface area contributed by atoms with Gasteiger partial charge in [0.05, 0.1) is 5.02 Å². The van der Waals surface area contributed by atoms with Gasteiger partial charge in [0.25, 0.3) is 5.91 Å². The first-order valence-corrected chi connectivity index (χ1v) is 7.88. The maximum atomic E-state index is 12.6. The highest BCUT2D eigenvalue weighted by molar-refractivity contribution is 6.33. The van der Waals surface area contributed by atoms with Gasteiger partial charge in [0.1, 0.15) is 5.76 Å². The van der Waals surface area contributed by atoms with Gasteiger partial charge in [-0.3, -0.25) is 4.79 Å². The zero-order chi connectivity index (χ0) is 15.5. The SMILES string of the molecule is CNC1CCCN(C(=O)c2ccc(-c3ccccc3Cl)o2)C1.Cl. The summed E-state index contributed by atoms with van der Waals surface area (Å²) >= 11 is 6.17. The average Bonchev–Trinajstić information content (AvgIpc) is 3.04. The monoisotopic (exact) mass is 354 g/mol. The highest BCUT2D eigenvalue weighted by Gasteiger charge is 2.25. The third kappa shape index (κ3) is 3.89. The van der Waals surface area contributed by atoms with Gasteiger partial charge in [-0.2, -0.15) is 0 Å². The van der Waals surface area contributed by atoms with E-state index < -0.39 is 0 Å². The Bertz CT molecular complexity index is 672. The van der Waals surface area contributed by atoms with Crippen LogP contribution in [-0.4, -0.2) is 37.0 Å². The van der Waals surface area contributed by atoms with E-state index in [0.29, 0.717) is 22.6 Å². The summed E-state index contributed by atoms with van der Waals surface area (Å²) < 4.78 is 5.74. The molecule has 0 aliphatic carbocycles. The maximum absolute atomic E-state index is 12.6. The van der Waals surface area contributed by atoms with Crippen molar-refractivity contribution in [2.24, 2.45) is 0 Å². The van der Waals surface area contributed by atoms with Crippen molar-refractivity contribution in [3.63, 3.8) is 0 Å². The van der Waals surface area contributed by atoms with Gasteiger partial charge in [0.2, 0.25) is 0 Å². The van der Waals surface area contributed by atoms with E-state index in [1.54, 1.807) is 12.1 Å². The lowest BCUT2D eigenvalue weighted by Crippen LogP contribution is -2.46. The first kappa shape index (κ1) is 17.9. The number of furan rings is 1. The van der Waals surface area contributed by atoms with Crippen LogP contribution in [0, 0.1) is 0 Å². The minimum atomic E-state index is -0.0572. The van der Waals surface area contributed by atoms with Crippen LogP contribution in [0.5, 0.6) is 0 Å². The van der Waals surface area contributed by atoms with Crippen LogP contribution in [0.2, 0.25) is 5.02 Å². The van der Waals surface area contributed by atoms with Crippen molar-refractivity contribution in [1.29, 1.82) is 0 Å². The molecule has 3 rings (SSSR count). The van der Waals surface area contributed by atoms with E-state index >= 15 is 0 Å². The zero-order valence-electron chi connectivity index (χ0n) is 12.9. The fraction of sp³-hybridized carbons (Fsp3) is 0.353. The van der Waals surface area contributed by atoms with Gasteiger partial charge in [-0.15, -0.1) is 12.4 Å². The zero-order valence-corrected chi connectivity index (χ0v) is 14.5. The van der Waals surface area contributed by atoms with Crippen LogP contribution in [0.4, 0.5) is 0 Å². The van der Waals surface area contributed by atoms with Gasteiger partial charge < -0.3 is 14.6 Å². The second-order valence-corrected chi connectivity index (χ2v) is 5.93. The lowest BCUT2D eigenvalue weighted by molar-refractivity contribution is 0.0667. The van der Waals surface area contributed by atoms with Crippen molar-refractivity contribution in [1.82, 2.24) is 10.2 Å². The Labute approximate surface area is 147 Å². The number of carbonyl (C=O) groups excluding carboxylic acids is 1. The molecule has 6 heteroatoms. The number of hydrogen-bond acceptors (Lipinski definition) is 3. The van der Waals surface area contributed by atoms with E-state index in [2.05, 4.69) is 5.32 Å². The predicted molar refractivity (Wildman–Crippen MR) is 94.4 cm³/mol. The summed E-state index contributed by atoms with van der Waals surface area (Å²) in [5.41, 5.74) is 0.801. The van der Waals surface area contributed by atoms with Gasteiger partial charge in [-0.05, 0) is 44.2 Å². The molecular weight excluding hydrogens is 335 g/mol. The fourth-order valence-electron chi connectivity index (χ4n) is 2.81. The van der Waals surface area contributed by atoms with Crippen molar-refractivity contribution in [2.45, 2.75) is 18.9 Å². The first-order valence-electron chi connectivity index (χ1n) is 7.50. The molecule has 1 fully saturated rings. The average molecular weight is 355 g/mol. The lowest BCUT2D eigenvalue weighted by Gasteiger charge is -2.31. The number of benzene rings is 1. The normalized spacial score (nSPS) is 17.7. The number of hydrogen-bond donors (Lipinski definition) is 1. The molecule has 0 spiro atoms. The molecule has 2 aromatic rings. The van der Waals surface area contributed by atoms with Crippen LogP contribution < -0.4 is 5.32 Å². The smallest absolute Gasteiger partial charge is 0.289 e. The van der Waals surface area contributed by atoms with Crippen LogP contribution in [0.3, 0.4) is 0 Å². The summed E-state index contributed by atoms with van der Waals surface area (Å²) in [5, 5.41) is 3.85. The van der Waals surface area contributed by atoms with Crippen LogP contribution in [0.25, 0.3) is 11.3 Å². The fourth-order valence-corrected chi connectivity index (χ4v) is 3.04. The minimum absolute atomic E-state index is 0. The number of nitrogens with one attached hydrogen (secondary N) is 1. The predicted octanol–water partition coefficient (Wildman–Crippen LogP) is 3.85. The number of piperidine rings is 1. The van der Waals surface area contributed by atoms with Crippen molar-refractivity contribution in [3.05, 3.63) is 47.2 Å². The van der Waals surface area contributed by atoms with Crippen molar-refractivity contribution >= 4 is 29.9 Å². The van der Waals surface area contributed by atoms with Gasteiger partial charge >= 0.3 is 0 Å². The van der Waals surface area contributed by atoms with E-state index in [1.165, 1.54) is 0 Å². The van der Waals surface area contributed by atoms with E-state index in [0.717, 1.165) is 31.5 Å². The molecule has 1 saturated heterocycles. The topological polar surface area (TPSA) is 45.5 Å². The third-order valence-electron chi connectivity index (χ3n) is 4.07. The molecule has 2 heterocycles. The van der Waals surface area contributed by atoms with E-state index in [9.17, 15) is 4.79 Å². The third-order valence-corrected chi connectivity index (χ3v) is 4.40. The Morgan fingerprint density at radius 3 is 2.83 bits per heavy atom. The summed E-state index contributed by atoms with van der Waals surface area (Å²) in [6.07, 6.45) is 2.11. The number of likely N-dealkylation sites (tertiary alicyclic amines) is 1. The molecule has 124 valence electrons. The summed E-state index contributed by atoms with van der Waals surface area (Å²) in [6.45, 7) is 1.50. The van der Waals surface area contributed by atoms with Crippen LogP contribution >= 0.6 is 24.0 Å². The van der Waals surface area contributed by atoms with Crippen LogP contribution in [-0.2, 0) is 0 Å². The van der Waals surface area contributed by atoms with E-state index in [-0.39, 0.29) is 18.3 Å². The Morgan fingerprint density at radius 2 is 2.09 bits per heavy atom. The number of amides is 1. The van der Waals surface area contributed by atoms with Crippen LogP contribution in [0.1, 0.15) is 23.4 Å². The molecule has 1 atom stereocenters. The molecule has 1 unspecified atom stereocenters. The molecule has 1 N–H and O–H groups in total. The van der Waals surface area contributed by atoms with Crippen LogP contribution in [0.15, 0.2) is 40.8 Å². The molecule has 0 saturated carbocycles. The molecule has 0 radical (unpaired) electrons. The Hall–Kier alpha value is -1.49. The first-order chi connectivity index (χ1) is 10.7. The Balaban J connectivity index is 0.00000192. The summed E-state index contributed by atoms with van der Waals surface area (Å²) in [7, 11) is 1.93. The van der Waals surface area contributed by atoms with E-state index in [4.69, 9.17) is 16.0 Å². The maximum Gasteiger partial charge on any atom is 0.289 e. The number of rotatable bonds is 3. The van der Waals surface area contributed by atoms with Crippen molar-refractivity contribution < 1.29 is 9.21 Å². The number of carbonyl (C=O) groups is 1. The molecule has 1 amide bonds. The summed E-state index contributed by atoms with van der Waals surface area (Å²) in [5.74, 6) is 0.932. The van der Waals surface area contributed by atoms with Crippen molar-refractivity contribution in [3.8, 4) is 11.3 Å². The van der Waals surface area contributed by atoms with Gasteiger partial charge in [0.15, 0.2) is 5.76 Å². The Morgan fingerprint density at radius 1 is 1.30 bits per heavy atom. The number of nitrogens with zero attached hydrogens (tertiary/aromatic N) is 1. The van der Waals surface area contributed by atoms with Gasteiger partial charge in [0, 0.05) is 24.7 Å². The number of halogens is 2. The highest BCUT2D eigenvalue weighted by atomic mass is 35.5. The second-order valence-electron chi connectivity index (χ2n) is 5.52. The minimum Gasteiger partial charge on any atom is -0.451 e. The van der Waals surface area contributed by atoms with Gasteiger partial charge in [-0.25, -0.2) is 0 Å². The molecule has 1 aliphatic rings. The molecule has 1 aliphatic heterocycles. The molecule has 0 bridgehead atoms. The quantitative estimate of drug-likeness (QED) is 0.910. The molecular formula is C17H20Cl2N2O2. The molecule has 23 heavy (non-hydrogen) atoms. The standard InChI is InChI=1S/C17H19ClN2O2.ClH/c1-19-12-5-4-10-20(11-12)17(21)16-9-8-15(22-16)13-6-2-3-7-14(13)18;/h2-3,6-9,12,19H,4-5,10-11H2,1H3;1H. The highest BCUT2D eigenvalue weighted by Crippen LogP contribution is 2.29. The largest absolute Gasteiger partial charge is 0.451 e. The molecule has 1 aromatic carbocycles. The summed E-state index contributed by atoms with van der Waals surface area (Å²) in [6, 6.07) is 11.3. The molecule has 4 nitrogen and oxygen atoms in total. The summed E-state index contributed by atoms with van der Waals surface area (Å²) in [4.78, 5) is 14.4. The second kappa shape index (κ2) is 7.86. The Kier molecular flexibility index (Phi) is 6.10. The van der Waals surface area contributed by atoms with Crippen molar-refractivity contribution in [2.75, 3.05) is 20.1 Å². The molecule has 1 aromatic heterocycles.